The summed E-state index contributed by atoms with van der Waals surface area (Å²) in [7, 11) is 1.64. The molecule has 0 bridgehead atoms. The molecule has 0 aliphatic heterocycles. The number of benzene rings is 2. The standard InChI is InChI=1S/C22H23N3O2/c1-3-27-17-9-5-7-15(11-17)14-6-4-8-16(10-14)18-12-19(18)20-13-21(26)25(2)22(23)24-20/h4-11,13,18-19H,3,12H2,1-2H3,(H2,23,24)/t18-,19-/m0/s1. The van der Waals surface area contributed by atoms with Crippen LogP contribution in [0.1, 0.15) is 36.4 Å². The number of nitrogen functional groups attached to an aromatic ring is 1. The topological polar surface area (TPSA) is 70.1 Å². The van der Waals surface area contributed by atoms with Crippen LogP contribution >= 0.6 is 0 Å². The molecule has 0 spiro atoms. The van der Waals surface area contributed by atoms with Gasteiger partial charge in [0.05, 0.1) is 12.3 Å². The first-order valence-corrected chi connectivity index (χ1v) is 9.23. The van der Waals surface area contributed by atoms with Gasteiger partial charge in [0.1, 0.15) is 5.75 Å². The Labute approximate surface area is 158 Å². The van der Waals surface area contributed by atoms with E-state index in [1.807, 2.05) is 19.1 Å². The Morgan fingerprint density at radius 3 is 2.59 bits per heavy atom. The number of aromatic nitrogens is 2. The fourth-order valence-corrected chi connectivity index (χ4v) is 3.54. The van der Waals surface area contributed by atoms with Gasteiger partial charge in [-0.3, -0.25) is 9.36 Å². The van der Waals surface area contributed by atoms with E-state index in [4.69, 9.17) is 10.5 Å². The maximum Gasteiger partial charge on any atom is 0.254 e. The van der Waals surface area contributed by atoms with E-state index < -0.39 is 0 Å². The van der Waals surface area contributed by atoms with Crippen LogP contribution in [0.15, 0.2) is 59.4 Å². The summed E-state index contributed by atoms with van der Waals surface area (Å²) in [6.07, 6.45) is 0.988. The van der Waals surface area contributed by atoms with Crippen molar-refractivity contribution in [1.82, 2.24) is 9.55 Å². The van der Waals surface area contributed by atoms with Crippen LogP contribution in [0.4, 0.5) is 5.95 Å². The van der Waals surface area contributed by atoms with Crippen molar-refractivity contribution in [3.05, 3.63) is 76.2 Å². The number of hydrogen-bond acceptors (Lipinski definition) is 4. The Kier molecular flexibility index (Phi) is 4.44. The highest BCUT2D eigenvalue weighted by Crippen LogP contribution is 2.54. The van der Waals surface area contributed by atoms with Gasteiger partial charge in [-0.05, 0) is 48.1 Å². The third kappa shape index (κ3) is 3.45. The van der Waals surface area contributed by atoms with Crippen molar-refractivity contribution in [2.45, 2.75) is 25.2 Å². The SMILES string of the molecule is CCOc1cccc(-c2cccc([C@@H]3C[C@@H]3c3cc(=O)n(C)c(N)n3)c2)c1. The number of nitrogens with zero attached hydrogens (tertiary/aromatic N) is 2. The average Bonchev–Trinajstić information content (AvgIpc) is 3.47. The molecule has 1 fully saturated rings. The van der Waals surface area contributed by atoms with Gasteiger partial charge in [-0.1, -0.05) is 36.4 Å². The zero-order chi connectivity index (χ0) is 19.0. The van der Waals surface area contributed by atoms with E-state index in [2.05, 4.69) is 41.4 Å². The second kappa shape index (κ2) is 6.91. The van der Waals surface area contributed by atoms with Crippen molar-refractivity contribution in [1.29, 1.82) is 0 Å². The minimum absolute atomic E-state index is 0.107. The number of ether oxygens (including phenoxy) is 1. The molecule has 0 saturated heterocycles. The van der Waals surface area contributed by atoms with Gasteiger partial charge >= 0.3 is 0 Å². The molecule has 2 N–H and O–H groups in total. The van der Waals surface area contributed by atoms with E-state index in [1.54, 1.807) is 13.1 Å². The Hall–Kier alpha value is -3.08. The Bertz CT molecular complexity index is 1040. The van der Waals surface area contributed by atoms with Crippen LogP contribution in [0, 0.1) is 0 Å². The Morgan fingerprint density at radius 1 is 1.11 bits per heavy atom. The molecule has 0 unspecified atom stereocenters. The lowest BCUT2D eigenvalue weighted by molar-refractivity contribution is 0.340. The summed E-state index contributed by atoms with van der Waals surface area (Å²) < 4.78 is 6.98. The van der Waals surface area contributed by atoms with Gasteiger partial charge in [0.15, 0.2) is 0 Å². The Balaban J connectivity index is 1.59. The van der Waals surface area contributed by atoms with E-state index in [-0.39, 0.29) is 17.4 Å². The fraction of sp³-hybridized carbons (Fsp3) is 0.273. The smallest absolute Gasteiger partial charge is 0.254 e. The summed E-state index contributed by atoms with van der Waals surface area (Å²) in [5, 5.41) is 0. The maximum atomic E-state index is 12.0. The lowest BCUT2D eigenvalue weighted by atomic mass is 10.00. The minimum atomic E-state index is -0.107. The molecule has 0 amide bonds. The van der Waals surface area contributed by atoms with Crippen LogP contribution in [0.2, 0.25) is 0 Å². The zero-order valence-electron chi connectivity index (χ0n) is 15.6. The van der Waals surface area contributed by atoms with Crippen LogP contribution in [0.3, 0.4) is 0 Å². The van der Waals surface area contributed by atoms with Gasteiger partial charge in [0.25, 0.3) is 5.56 Å². The van der Waals surface area contributed by atoms with E-state index in [1.165, 1.54) is 10.1 Å². The van der Waals surface area contributed by atoms with E-state index in [0.717, 1.165) is 29.0 Å². The molecule has 3 aromatic rings. The normalized spacial score (nSPS) is 18.3. The third-order valence-corrected chi connectivity index (χ3v) is 5.15. The first kappa shape index (κ1) is 17.3. The third-order valence-electron chi connectivity index (χ3n) is 5.15. The van der Waals surface area contributed by atoms with Gasteiger partial charge < -0.3 is 10.5 Å². The zero-order valence-corrected chi connectivity index (χ0v) is 15.6. The minimum Gasteiger partial charge on any atom is -0.494 e. The van der Waals surface area contributed by atoms with Gasteiger partial charge in [0, 0.05) is 19.0 Å². The molecule has 27 heavy (non-hydrogen) atoms. The lowest BCUT2D eigenvalue weighted by Gasteiger charge is -2.09. The first-order chi connectivity index (χ1) is 13.1. The monoisotopic (exact) mass is 361 g/mol. The molecular formula is C22H23N3O2. The van der Waals surface area contributed by atoms with Crippen LogP contribution < -0.4 is 16.0 Å². The van der Waals surface area contributed by atoms with E-state index in [0.29, 0.717) is 12.5 Å². The molecule has 2 aromatic carbocycles. The second-order valence-corrected chi connectivity index (χ2v) is 6.97. The van der Waals surface area contributed by atoms with Gasteiger partial charge in [-0.25, -0.2) is 4.98 Å². The molecule has 1 aliphatic rings. The maximum absolute atomic E-state index is 12.0. The quantitative estimate of drug-likeness (QED) is 0.752. The second-order valence-electron chi connectivity index (χ2n) is 6.97. The molecule has 5 nitrogen and oxygen atoms in total. The molecular weight excluding hydrogens is 338 g/mol. The van der Waals surface area contributed by atoms with Crippen molar-refractivity contribution in [2.24, 2.45) is 7.05 Å². The molecule has 1 aromatic heterocycles. The predicted molar refractivity (Wildman–Crippen MR) is 107 cm³/mol. The number of anilines is 1. The Morgan fingerprint density at radius 2 is 1.85 bits per heavy atom. The largest absolute Gasteiger partial charge is 0.494 e. The van der Waals surface area contributed by atoms with Crippen molar-refractivity contribution >= 4 is 5.95 Å². The van der Waals surface area contributed by atoms with Crippen molar-refractivity contribution in [3.8, 4) is 16.9 Å². The molecule has 5 heteroatoms. The molecule has 1 heterocycles. The van der Waals surface area contributed by atoms with Crippen molar-refractivity contribution in [2.75, 3.05) is 12.3 Å². The molecule has 138 valence electrons. The summed E-state index contributed by atoms with van der Waals surface area (Å²) in [4.78, 5) is 16.4. The van der Waals surface area contributed by atoms with Crippen molar-refractivity contribution < 1.29 is 4.74 Å². The summed E-state index contributed by atoms with van der Waals surface area (Å²) in [5.41, 5.74) is 10.1. The fourth-order valence-electron chi connectivity index (χ4n) is 3.54. The molecule has 0 radical (unpaired) electrons. The molecule has 2 atom stereocenters. The van der Waals surface area contributed by atoms with Gasteiger partial charge in [-0.2, -0.15) is 0 Å². The highest BCUT2D eigenvalue weighted by atomic mass is 16.5. The van der Waals surface area contributed by atoms with Crippen LogP contribution in [-0.4, -0.2) is 16.2 Å². The average molecular weight is 361 g/mol. The summed E-state index contributed by atoms with van der Waals surface area (Å²) in [6.45, 7) is 2.64. The molecule has 4 rings (SSSR count). The number of hydrogen-bond donors (Lipinski definition) is 1. The van der Waals surface area contributed by atoms with Crippen molar-refractivity contribution in [3.63, 3.8) is 0 Å². The number of rotatable bonds is 5. The van der Waals surface area contributed by atoms with E-state index in [9.17, 15) is 4.79 Å². The van der Waals surface area contributed by atoms with Gasteiger partial charge in [0.2, 0.25) is 5.95 Å². The summed E-state index contributed by atoms with van der Waals surface area (Å²) in [5.74, 6) is 1.78. The van der Waals surface area contributed by atoms with E-state index >= 15 is 0 Å². The van der Waals surface area contributed by atoms with Crippen LogP contribution in [0.25, 0.3) is 11.1 Å². The summed E-state index contributed by atoms with van der Waals surface area (Å²) >= 11 is 0. The highest BCUT2D eigenvalue weighted by molar-refractivity contribution is 5.66. The summed E-state index contributed by atoms with van der Waals surface area (Å²) in [6, 6.07) is 18.3. The van der Waals surface area contributed by atoms with Crippen LogP contribution in [-0.2, 0) is 7.05 Å². The van der Waals surface area contributed by atoms with Crippen LogP contribution in [0.5, 0.6) is 5.75 Å². The van der Waals surface area contributed by atoms with Gasteiger partial charge in [-0.15, -0.1) is 0 Å². The number of nitrogens with two attached hydrogens (primary N) is 1. The first-order valence-electron chi connectivity index (χ1n) is 9.23. The highest BCUT2D eigenvalue weighted by Gasteiger charge is 2.41. The molecule has 1 saturated carbocycles. The lowest BCUT2D eigenvalue weighted by Crippen LogP contribution is -2.21. The predicted octanol–water partition coefficient (Wildman–Crippen LogP) is 3.70. The molecule has 1 aliphatic carbocycles.